The zero-order valence-corrected chi connectivity index (χ0v) is 9.57. The van der Waals surface area contributed by atoms with Crippen LogP contribution in [0.4, 0.5) is 5.69 Å². The van der Waals surface area contributed by atoms with Crippen molar-refractivity contribution in [2.75, 3.05) is 5.32 Å². The highest BCUT2D eigenvalue weighted by atomic mass is 35.5. The Kier molecular flexibility index (Phi) is 3.35. The lowest BCUT2D eigenvalue weighted by Gasteiger charge is -2.06. The predicted octanol–water partition coefficient (Wildman–Crippen LogP) is 3.24. The van der Waals surface area contributed by atoms with E-state index in [1.807, 2.05) is 6.07 Å². The predicted molar refractivity (Wildman–Crippen MR) is 64.4 cm³/mol. The van der Waals surface area contributed by atoms with E-state index in [9.17, 15) is 4.79 Å². The highest BCUT2D eigenvalue weighted by Crippen LogP contribution is 2.21. The number of anilines is 1. The second-order valence-corrected chi connectivity index (χ2v) is 3.84. The van der Waals surface area contributed by atoms with Crippen molar-refractivity contribution in [2.24, 2.45) is 0 Å². The van der Waals surface area contributed by atoms with Crippen LogP contribution in [0, 0.1) is 0 Å². The number of hydrogen-bond acceptors (Lipinski definition) is 3. The van der Waals surface area contributed by atoms with Crippen molar-refractivity contribution >= 4 is 23.3 Å². The van der Waals surface area contributed by atoms with Gasteiger partial charge < -0.3 is 14.8 Å². The van der Waals surface area contributed by atoms with E-state index >= 15 is 0 Å². The fraction of sp³-hybridized carbons (Fsp3) is 0.0833. The van der Waals surface area contributed by atoms with E-state index < -0.39 is 5.97 Å². The number of carboxylic acids is 1. The number of carbonyl (C=O) groups is 1. The summed E-state index contributed by atoms with van der Waals surface area (Å²) in [6.45, 7) is 0.524. The normalized spacial score (nSPS) is 10.2. The van der Waals surface area contributed by atoms with E-state index in [4.69, 9.17) is 21.1 Å². The van der Waals surface area contributed by atoms with E-state index in [2.05, 4.69) is 5.32 Å². The first-order valence-electron chi connectivity index (χ1n) is 4.96. The lowest BCUT2D eigenvalue weighted by atomic mass is 10.2. The summed E-state index contributed by atoms with van der Waals surface area (Å²) in [5.74, 6) is -0.240. The zero-order chi connectivity index (χ0) is 12.3. The number of nitrogens with one attached hydrogen (secondary N) is 1. The minimum Gasteiger partial charge on any atom is -0.478 e. The number of halogens is 1. The van der Waals surface area contributed by atoms with Crippen LogP contribution in [0.3, 0.4) is 0 Å². The molecule has 1 aromatic carbocycles. The fourth-order valence-electron chi connectivity index (χ4n) is 1.40. The quantitative estimate of drug-likeness (QED) is 0.876. The zero-order valence-electron chi connectivity index (χ0n) is 8.81. The van der Waals surface area contributed by atoms with Crippen LogP contribution in [0.1, 0.15) is 16.1 Å². The lowest BCUT2D eigenvalue weighted by Crippen LogP contribution is -2.01. The summed E-state index contributed by atoms with van der Waals surface area (Å²) in [5, 5.41) is 12.1. The number of benzene rings is 1. The third-order valence-electron chi connectivity index (χ3n) is 2.25. The fourth-order valence-corrected chi connectivity index (χ4v) is 1.66. The topological polar surface area (TPSA) is 62.5 Å². The molecule has 0 fully saturated rings. The molecule has 0 radical (unpaired) electrons. The second kappa shape index (κ2) is 4.93. The van der Waals surface area contributed by atoms with Gasteiger partial charge in [-0.25, -0.2) is 4.79 Å². The third-order valence-corrected chi connectivity index (χ3v) is 2.56. The molecule has 0 amide bonds. The number of hydrogen-bond donors (Lipinski definition) is 2. The Labute approximate surface area is 103 Å². The molecule has 5 heteroatoms. The molecule has 0 saturated carbocycles. The van der Waals surface area contributed by atoms with Crippen LogP contribution >= 0.6 is 11.6 Å². The van der Waals surface area contributed by atoms with Gasteiger partial charge >= 0.3 is 5.97 Å². The average Bonchev–Trinajstić information content (AvgIpc) is 2.78. The van der Waals surface area contributed by atoms with Crippen molar-refractivity contribution in [2.45, 2.75) is 6.54 Å². The van der Waals surface area contributed by atoms with Crippen molar-refractivity contribution in [1.82, 2.24) is 0 Å². The second-order valence-electron chi connectivity index (χ2n) is 3.43. The van der Waals surface area contributed by atoms with Gasteiger partial charge in [0, 0.05) is 5.69 Å². The lowest BCUT2D eigenvalue weighted by molar-refractivity contribution is 0.0697. The van der Waals surface area contributed by atoms with E-state index in [-0.39, 0.29) is 10.6 Å². The summed E-state index contributed by atoms with van der Waals surface area (Å²) < 4.78 is 5.16. The van der Waals surface area contributed by atoms with Gasteiger partial charge in [-0.2, -0.15) is 0 Å². The van der Waals surface area contributed by atoms with Gasteiger partial charge in [0.15, 0.2) is 0 Å². The Morgan fingerprint density at radius 2 is 2.24 bits per heavy atom. The maximum atomic E-state index is 10.8. The Morgan fingerprint density at radius 1 is 1.41 bits per heavy atom. The summed E-state index contributed by atoms with van der Waals surface area (Å²) in [4.78, 5) is 10.8. The van der Waals surface area contributed by atoms with Gasteiger partial charge in [-0.1, -0.05) is 11.6 Å². The van der Waals surface area contributed by atoms with Gasteiger partial charge in [-0.3, -0.25) is 0 Å². The Balaban J connectivity index is 2.07. The number of furan rings is 1. The van der Waals surface area contributed by atoms with Crippen molar-refractivity contribution in [1.29, 1.82) is 0 Å². The summed E-state index contributed by atoms with van der Waals surface area (Å²) in [5.41, 5.74) is 0.839. The van der Waals surface area contributed by atoms with E-state index in [1.54, 1.807) is 24.5 Å². The highest BCUT2D eigenvalue weighted by Gasteiger charge is 2.08. The molecule has 88 valence electrons. The molecular weight excluding hydrogens is 242 g/mol. The van der Waals surface area contributed by atoms with Crippen LogP contribution in [0.15, 0.2) is 41.0 Å². The Morgan fingerprint density at radius 3 is 2.82 bits per heavy atom. The van der Waals surface area contributed by atoms with Gasteiger partial charge in [0.05, 0.1) is 23.4 Å². The number of carboxylic acid groups (broad SMARTS) is 1. The van der Waals surface area contributed by atoms with Gasteiger partial charge in [-0.15, -0.1) is 0 Å². The molecule has 0 aliphatic rings. The van der Waals surface area contributed by atoms with Gasteiger partial charge in [0.1, 0.15) is 5.76 Å². The molecule has 4 nitrogen and oxygen atoms in total. The molecular formula is C12H10ClNO3. The van der Waals surface area contributed by atoms with Crippen LogP contribution in [-0.4, -0.2) is 11.1 Å². The molecule has 1 heterocycles. The molecule has 2 rings (SSSR count). The molecule has 0 bridgehead atoms. The standard InChI is InChI=1S/C12H10ClNO3/c13-11-6-8(3-4-10(11)12(15)16)14-7-9-2-1-5-17-9/h1-6,14H,7H2,(H,15,16). The van der Waals surface area contributed by atoms with E-state index in [1.165, 1.54) is 6.07 Å². The maximum Gasteiger partial charge on any atom is 0.337 e. The minimum absolute atomic E-state index is 0.0928. The first-order valence-corrected chi connectivity index (χ1v) is 5.33. The first-order chi connectivity index (χ1) is 8.16. The van der Waals surface area contributed by atoms with Crippen molar-refractivity contribution in [3.63, 3.8) is 0 Å². The first kappa shape index (κ1) is 11.5. The van der Waals surface area contributed by atoms with Crippen molar-refractivity contribution in [3.8, 4) is 0 Å². The third kappa shape index (κ3) is 2.79. The molecule has 0 aliphatic carbocycles. The average molecular weight is 252 g/mol. The SMILES string of the molecule is O=C(O)c1ccc(NCc2ccco2)cc1Cl. The van der Waals surface area contributed by atoms with Gasteiger partial charge in [0.25, 0.3) is 0 Å². The number of rotatable bonds is 4. The summed E-state index contributed by atoms with van der Waals surface area (Å²) in [7, 11) is 0. The van der Waals surface area contributed by atoms with Crippen molar-refractivity contribution < 1.29 is 14.3 Å². The Hall–Kier alpha value is -1.94. The highest BCUT2D eigenvalue weighted by molar-refractivity contribution is 6.33. The van der Waals surface area contributed by atoms with Crippen LogP contribution in [0.25, 0.3) is 0 Å². The molecule has 0 atom stereocenters. The van der Waals surface area contributed by atoms with Gasteiger partial charge in [0.2, 0.25) is 0 Å². The smallest absolute Gasteiger partial charge is 0.337 e. The summed E-state index contributed by atoms with van der Waals surface area (Å²) >= 11 is 5.84. The molecule has 2 N–H and O–H groups in total. The summed E-state index contributed by atoms with van der Waals surface area (Å²) in [6.07, 6.45) is 1.59. The van der Waals surface area contributed by atoms with Crippen LogP contribution in [0.2, 0.25) is 5.02 Å². The monoisotopic (exact) mass is 251 g/mol. The van der Waals surface area contributed by atoms with Crippen molar-refractivity contribution in [3.05, 3.63) is 52.9 Å². The molecule has 17 heavy (non-hydrogen) atoms. The van der Waals surface area contributed by atoms with Crippen LogP contribution in [0.5, 0.6) is 0 Å². The van der Waals surface area contributed by atoms with Gasteiger partial charge in [-0.05, 0) is 30.3 Å². The summed E-state index contributed by atoms with van der Waals surface area (Å²) in [6, 6.07) is 8.36. The maximum absolute atomic E-state index is 10.8. The minimum atomic E-state index is -1.03. The molecule has 0 spiro atoms. The van der Waals surface area contributed by atoms with Crippen LogP contribution in [-0.2, 0) is 6.54 Å². The largest absolute Gasteiger partial charge is 0.478 e. The molecule has 0 unspecified atom stereocenters. The molecule has 2 aromatic rings. The van der Waals surface area contributed by atoms with E-state index in [0.29, 0.717) is 6.54 Å². The Bertz CT molecular complexity index is 523. The molecule has 0 saturated heterocycles. The van der Waals surface area contributed by atoms with E-state index in [0.717, 1.165) is 11.4 Å². The number of aromatic carboxylic acids is 1. The molecule has 0 aliphatic heterocycles. The molecule has 1 aromatic heterocycles. The van der Waals surface area contributed by atoms with Crippen LogP contribution < -0.4 is 5.32 Å².